The first-order valence-electron chi connectivity index (χ1n) is 5.30. The minimum absolute atomic E-state index is 0.0552. The van der Waals surface area contributed by atoms with Crippen LogP contribution in [0.5, 0.6) is 0 Å². The first-order valence-corrected chi connectivity index (χ1v) is 5.30. The summed E-state index contributed by atoms with van der Waals surface area (Å²) >= 11 is 0. The zero-order chi connectivity index (χ0) is 11.5. The molecule has 0 saturated heterocycles. The second kappa shape index (κ2) is 4.66. The topological polar surface area (TPSA) is 64.3 Å². The van der Waals surface area contributed by atoms with Crippen LogP contribution in [-0.4, -0.2) is 23.8 Å². The fourth-order valence-corrected chi connectivity index (χ4v) is 1.42. The minimum atomic E-state index is -0.446. The first kappa shape index (κ1) is 12.0. The SMILES string of the molecule is CC(C)(C)OC(=O)N[C@H]1C=CC(N)CC1. The number of hydrogen-bond donors (Lipinski definition) is 2. The summed E-state index contributed by atoms with van der Waals surface area (Å²) in [5.74, 6) is 0. The van der Waals surface area contributed by atoms with E-state index in [0.717, 1.165) is 12.8 Å². The number of rotatable bonds is 1. The van der Waals surface area contributed by atoms with Crippen LogP contribution >= 0.6 is 0 Å². The van der Waals surface area contributed by atoms with E-state index in [1.807, 2.05) is 32.9 Å². The van der Waals surface area contributed by atoms with Gasteiger partial charge in [0.15, 0.2) is 0 Å². The van der Waals surface area contributed by atoms with Crippen molar-refractivity contribution in [2.45, 2.75) is 51.3 Å². The number of carbonyl (C=O) groups excluding carboxylic acids is 1. The van der Waals surface area contributed by atoms with Gasteiger partial charge in [-0.2, -0.15) is 0 Å². The molecule has 1 unspecified atom stereocenters. The van der Waals surface area contributed by atoms with Crippen molar-refractivity contribution < 1.29 is 9.53 Å². The van der Waals surface area contributed by atoms with E-state index in [0.29, 0.717) is 0 Å². The van der Waals surface area contributed by atoms with E-state index < -0.39 is 5.60 Å². The molecule has 15 heavy (non-hydrogen) atoms. The molecule has 0 aromatic rings. The van der Waals surface area contributed by atoms with Crippen molar-refractivity contribution in [3.8, 4) is 0 Å². The van der Waals surface area contributed by atoms with Gasteiger partial charge in [-0.25, -0.2) is 4.79 Å². The van der Waals surface area contributed by atoms with E-state index in [2.05, 4.69) is 5.32 Å². The maximum absolute atomic E-state index is 11.4. The summed E-state index contributed by atoms with van der Waals surface area (Å²) in [4.78, 5) is 11.4. The van der Waals surface area contributed by atoms with Crippen LogP contribution in [0.25, 0.3) is 0 Å². The molecule has 0 fully saturated rings. The summed E-state index contributed by atoms with van der Waals surface area (Å²) in [7, 11) is 0. The quantitative estimate of drug-likeness (QED) is 0.648. The molecular formula is C11H20N2O2. The lowest BCUT2D eigenvalue weighted by molar-refractivity contribution is 0.0511. The van der Waals surface area contributed by atoms with E-state index in [4.69, 9.17) is 10.5 Å². The molecule has 1 rings (SSSR count). The van der Waals surface area contributed by atoms with Gasteiger partial charge >= 0.3 is 6.09 Å². The number of carbonyl (C=O) groups is 1. The third-order valence-corrected chi connectivity index (χ3v) is 2.10. The van der Waals surface area contributed by atoms with E-state index in [1.54, 1.807) is 0 Å². The van der Waals surface area contributed by atoms with Crippen LogP contribution in [0.4, 0.5) is 4.79 Å². The Balaban J connectivity index is 2.36. The van der Waals surface area contributed by atoms with Gasteiger partial charge in [0.1, 0.15) is 5.60 Å². The van der Waals surface area contributed by atoms with Crippen molar-refractivity contribution in [2.75, 3.05) is 0 Å². The van der Waals surface area contributed by atoms with Crippen molar-refractivity contribution in [3.63, 3.8) is 0 Å². The Labute approximate surface area is 90.9 Å². The van der Waals surface area contributed by atoms with Gasteiger partial charge in [-0.05, 0) is 33.6 Å². The predicted molar refractivity (Wildman–Crippen MR) is 59.5 cm³/mol. The van der Waals surface area contributed by atoms with Gasteiger partial charge < -0.3 is 15.8 Å². The Bertz CT molecular complexity index is 256. The molecule has 2 atom stereocenters. The molecule has 0 aliphatic heterocycles. The Morgan fingerprint density at radius 2 is 2.07 bits per heavy atom. The van der Waals surface area contributed by atoms with Crippen molar-refractivity contribution in [3.05, 3.63) is 12.2 Å². The van der Waals surface area contributed by atoms with E-state index in [1.165, 1.54) is 0 Å². The molecule has 0 bridgehead atoms. The summed E-state index contributed by atoms with van der Waals surface area (Å²) < 4.78 is 5.15. The van der Waals surface area contributed by atoms with Crippen LogP contribution in [0.2, 0.25) is 0 Å². The number of alkyl carbamates (subject to hydrolysis) is 1. The molecule has 0 saturated carbocycles. The standard InChI is InChI=1S/C11H20N2O2/c1-11(2,3)15-10(14)13-9-6-4-8(12)5-7-9/h4,6,8-9H,5,7,12H2,1-3H3,(H,13,14)/t8?,9-/m0/s1. The number of amides is 1. The van der Waals surface area contributed by atoms with Gasteiger partial charge in [0, 0.05) is 6.04 Å². The summed E-state index contributed by atoms with van der Waals surface area (Å²) in [6.07, 6.45) is 5.25. The molecule has 0 radical (unpaired) electrons. The van der Waals surface area contributed by atoms with Crippen molar-refractivity contribution in [1.82, 2.24) is 5.32 Å². The number of hydrogen-bond acceptors (Lipinski definition) is 3. The average Bonchev–Trinajstić information content (AvgIpc) is 2.05. The maximum atomic E-state index is 11.4. The predicted octanol–water partition coefficient (Wildman–Crippen LogP) is 1.56. The molecule has 4 heteroatoms. The molecule has 0 aromatic heterocycles. The van der Waals surface area contributed by atoms with Crippen LogP contribution < -0.4 is 11.1 Å². The highest BCUT2D eigenvalue weighted by Crippen LogP contribution is 2.11. The lowest BCUT2D eigenvalue weighted by atomic mass is 9.99. The lowest BCUT2D eigenvalue weighted by Gasteiger charge is -2.24. The molecular weight excluding hydrogens is 192 g/mol. The van der Waals surface area contributed by atoms with E-state index in [-0.39, 0.29) is 18.2 Å². The normalized spacial score (nSPS) is 26.1. The number of ether oxygens (including phenoxy) is 1. The monoisotopic (exact) mass is 212 g/mol. The zero-order valence-electron chi connectivity index (χ0n) is 9.62. The zero-order valence-corrected chi connectivity index (χ0v) is 9.62. The first-order chi connectivity index (χ1) is 6.87. The van der Waals surface area contributed by atoms with Crippen molar-refractivity contribution >= 4 is 6.09 Å². The number of nitrogens with two attached hydrogens (primary N) is 1. The third-order valence-electron chi connectivity index (χ3n) is 2.10. The molecule has 0 spiro atoms. The maximum Gasteiger partial charge on any atom is 0.408 e. The van der Waals surface area contributed by atoms with Gasteiger partial charge in [-0.15, -0.1) is 0 Å². The average molecular weight is 212 g/mol. The fourth-order valence-electron chi connectivity index (χ4n) is 1.42. The summed E-state index contributed by atoms with van der Waals surface area (Å²) in [5.41, 5.74) is 5.25. The van der Waals surface area contributed by atoms with Crippen LogP contribution in [0.3, 0.4) is 0 Å². The van der Waals surface area contributed by atoms with Crippen LogP contribution in [0.15, 0.2) is 12.2 Å². The van der Waals surface area contributed by atoms with Gasteiger partial charge in [-0.3, -0.25) is 0 Å². The lowest BCUT2D eigenvalue weighted by Crippen LogP contribution is -2.40. The minimum Gasteiger partial charge on any atom is -0.444 e. The highest BCUT2D eigenvalue weighted by Gasteiger charge is 2.20. The summed E-state index contributed by atoms with van der Waals surface area (Å²) in [6.45, 7) is 5.54. The molecule has 86 valence electrons. The van der Waals surface area contributed by atoms with Crippen LogP contribution in [0.1, 0.15) is 33.6 Å². The van der Waals surface area contributed by atoms with Gasteiger partial charge in [0.25, 0.3) is 0 Å². The molecule has 0 heterocycles. The molecule has 1 aliphatic rings. The highest BCUT2D eigenvalue weighted by molar-refractivity contribution is 5.68. The van der Waals surface area contributed by atoms with Crippen molar-refractivity contribution in [2.24, 2.45) is 5.73 Å². The van der Waals surface area contributed by atoms with E-state index >= 15 is 0 Å². The molecule has 1 amide bonds. The molecule has 0 aromatic carbocycles. The Morgan fingerprint density at radius 1 is 1.40 bits per heavy atom. The molecule has 4 nitrogen and oxygen atoms in total. The second-order valence-electron chi connectivity index (χ2n) is 4.88. The largest absolute Gasteiger partial charge is 0.444 e. The van der Waals surface area contributed by atoms with Gasteiger partial charge in [0.2, 0.25) is 0 Å². The molecule has 3 N–H and O–H groups in total. The Kier molecular flexibility index (Phi) is 3.74. The van der Waals surface area contributed by atoms with E-state index in [9.17, 15) is 4.79 Å². The fraction of sp³-hybridized carbons (Fsp3) is 0.727. The van der Waals surface area contributed by atoms with Crippen molar-refractivity contribution in [1.29, 1.82) is 0 Å². The smallest absolute Gasteiger partial charge is 0.408 e. The Morgan fingerprint density at radius 3 is 2.53 bits per heavy atom. The van der Waals surface area contributed by atoms with Crippen LogP contribution in [0, 0.1) is 0 Å². The third kappa shape index (κ3) is 4.83. The summed E-state index contributed by atoms with van der Waals surface area (Å²) in [6, 6.07) is 0.182. The second-order valence-corrected chi connectivity index (χ2v) is 4.88. The summed E-state index contributed by atoms with van der Waals surface area (Å²) in [5, 5.41) is 2.79. The highest BCUT2D eigenvalue weighted by atomic mass is 16.6. The van der Waals surface area contributed by atoms with Crippen LogP contribution in [-0.2, 0) is 4.74 Å². The Hall–Kier alpha value is -1.03. The number of nitrogens with one attached hydrogen (secondary N) is 1. The van der Waals surface area contributed by atoms with Gasteiger partial charge in [0.05, 0.1) is 6.04 Å². The van der Waals surface area contributed by atoms with Gasteiger partial charge in [-0.1, -0.05) is 12.2 Å². The molecule has 1 aliphatic carbocycles.